The quantitative estimate of drug-likeness (QED) is 0.557. The van der Waals surface area contributed by atoms with Crippen molar-refractivity contribution >= 4 is 24.1 Å². The summed E-state index contributed by atoms with van der Waals surface area (Å²) in [6.07, 6.45) is 1.29. The Labute approximate surface area is 172 Å². The van der Waals surface area contributed by atoms with Crippen LogP contribution in [-0.2, 0) is 11.3 Å². The highest BCUT2D eigenvalue weighted by atomic mass is 35.5. The minimum atomic E-state index is 0. The highest BCUT2D eigenvalue weighted by Gasteiger charge is 2.14. The maximum atomic E-state index is 12.3. The van der Waals surface area contributed by atoms with Crippen LogP contribution in [0.4, 0.5) is 5.82 Å². The minimum Gasteiger partial charge on any atom is -0.320 e. The van der Waals surface area contributed by atoms with E-state index in [1.165, 1.54) is 0 Å². The van der Waals surface area contributed by atoms with Crippen molar-refractivity contribution in [2.75, 3.05) is 18.9 Å². The molecular weight excluding hydrogens is 372 g/mol. The van der Waals surface area contributed by atoms with E-state index in [2.05, 4.69) is 41.8 Å². The Morgan fingerprint density at radius 1 is 1.07 bits per heavy atom. The molecule has 0 aliphatic heterocycles. The van der Waals surface area contributed by atoms with Crippen LogP contribution in [0.25, 0.3) is 11.3 Å². The normalized spacial score (nSPS) is 10.4. The summed E-state index contributed by atoms with van der Waals surface area (Å²) in [5.74, 6) is 0.738. The van der Waals surface area contributed by atoms with E-state index in [1.807, 2.05) is 48.1 Å². The Balaban J connectivity index is 0.00000280. The van der Waals surface area contributed by atoms with Crippen LogP contribution >= 0.6 is 12.4 Å². The first-order valence-corrected chi connectivity index (χ1v) is 9.29. The molecule has 0 saturated heterocycles. The molecular formula is C22H27ClN4O. The van der Waals surface area contributed by atoms with Crippen molar-refractivity contribution in [3.8, 4) is 11.3 Å². The molecule has 1 amide bonds. The molecule has 1 heterocycles. The van der Waals surface area contributed by atoms with Gasteiger partial charge in [-0.05, 0) is 38.1 Å². The van der Waals surface area contributed by atoms with Crippen LogP contribution < -0.4 is 10.6 Å². The van der Waals surface area contributed by atoms with Gasteiger partial charge in [0.1, 0.15) is 5.82 Å². The van der Waals surface area contributed by atoms with E-state index in [0.29, 0.717) is 13.0 Å². The van der Waals surface area contributed by atoms with Gasteiger partial charge in [0.15, 0.2) is 0 Å². The van der Waals surface area contributed by atoms with Gasteiger partial charge in [-0.15, -0.1) is 12.4 Å². The molecule has 2 aromatic carbocycles. The number of benzene rings is 2. The Kier molecular flexibility index (Phi) is 8.23. The lowest BCUT2D eigenvalue weighted by Gasteiger charge is -2.09. The molecule has 0 fully saturated rings. The van der Waals surface area contributed by atoms with Crippen molar-refractivity contribution in [2.24, 2.45) is 0 Å². The molecule has 6 heteroatoms. The first-order chi connectivity index (χ1) is 13.2. The van der Waals surface area contributed by atoms with Gasteiger partial charge in [0.2, 0.25) is 5.91 Å². The zero-order valence-corrected chi connectivity index (χ0v) is 17.1. The average Bonchev–Trinajstić information content (AvgIpc) is 3.05. The Bertz CT molecular complexity index is 893. The van der Waals surface area contributed by atoms with Crippen LogP contribution in [0.15, 0.2) is 60.7 Å². The van der Waals surface area contributed by atoms with Crippen molar-refractivity contribution in [2.45, 2.75) is 26.3 Å². The molecule has 2 N–H and O–H groups in total. The first kappa shape index (κ1) is 21.7. The van der Waals surface area contributed by atoms with Crippen LogP contribution in [0.5, 0.6) is 0 Å². The summed E-state index contributed by atoms with van der Waals surface area (Å²) in [7, 11) is 1.89. The summed E-state index contributed by atoms with van der Waals surface area (Å²) in [6, 6.07) is 20.3. The van der Waals surface area contributed by atoms with E-state index in [0.717, 1.165) is 41.2 Å². The Morgan fingerprint density at radius 3 is 2.50 bits per heavy atom. The van der Waals surface area contributed by atoms with Gasteiger partial charge in [-0.3, -0.25) is 4.79 Å². The van der Waals surface area contributed by atoms with Gasteiger partial charge >= 0.3 is 0 Å². The molecule has 28 heavy (non-hydrogen) atoms. The third kappa shape index (κ3) is 5.68. The molecule has 0 radical (unpaired) electrons. The summed E-state index contributed by atoms with van der Waals surface area (Å²) in [4.78, 5) is 12.3. The number of halogens is 1. The lowest BCUT2D eigenvalue weighted by molar-refractivity contribution is -0.116. The van der Waals surface area contributed by atoms with Crippen LogP contribution in [-0.4, -0.2) is 29.3 Å². The molecule has 3 rings (SSSR count). The van der Waals surface area contributed by atoms with E-state index in [1.54, 1.807) is 0 Å². The van der Waals surface area contributed by atoms with Crippen LogP contribution in [0.1, 0.15) is 24.0 Å². The molecule has 148 valence electrons. The monoisotopic (exact) mass is 398 g/mol. The number of hydrogen-bond acceptors (Lipinski definition) is 3. The number of carbonyl (C=O) groups is 1. The maximum Gasteiger partial charge on any atom is 0.225 e. The second-order valence-electron chi connectivity index (χ2n) is 6.63. The van der Waals surface area contributed by atoms with E-state index in [-0.39, 0.29) is 18.3 Å². The summed E-state index contributed by atoms with van der Waals surface area (Å²) in [5.41, 5.74) is 4.25. The van der Waals surface area contributed by atoms with Gasteiger partial charge in [0.05, 0.1) is 12.2 Å². The smallest absolute Gasteiger partial charge is 0.225 e. The van der Waals surface area contributed by atoms with E-state index in [9.17, 15) is 4.79 Å². The summed E-state index contributed by atoms with van der Waals surface area (Å²) >= 11 is 0. The van der Waals surface area contributed by atoms with Crippen molar-refractivity contribution in [1.82, 2.24) is 15.1 Å². The van der Waals surface area contributed by atoms with E-state index >= 15 is 0 Å². The number of carbonyl (C=O) groups excluding carboxylic acids is 1. The lowest BCUT2D eigenvalue weighted by Crippen LogP contribution is -2.17. The number of hydrogen-bond donors (Lipinski definition) is 2. The van der Waals surface area contributed by atoms with Gasteiger partial charge < -0.3 is 10.6 Å². The minimum absolute atomic E-state index is 0. The number of amides is 1. The van der Waals surface area contributed by atoms with Gasteiger partial charge in [-0.1, -0.05) is 54.6 Å². The van der Waals surface area contributed by atoms with Gasteiger partial charge in [0, 0.05) is 18.1 Å². The number of aryl methyl sites for hydroxylation is 1. The highest BCUT2D eigenvalue weighted by Crippen LogP contribution is 2.25. The van der Waals surface area contributed by atoms with Crippen LogP contribution in [0.3, 0.4) is 0 Å². The first-order valence-electron chi connectivity index (χ1n) is 9.29. The number of anilines is 1. The van der Waals surface area contributed by atoms with Crippen LogP contribution in [0.2, 0.25) is 0 Å². The predicted octanol–water partition coefficient (Wildman–Crippen LogP) is 4.27. The second-order valence-corrected chi connectivity index (χ2v) is 6.63. The average molecular weight is 399 g/mol. The summed E-state index contributed by atoms with van der Waals surface area (Å²) < 4.78 is 1.87. The number of aromatic nitrogens is 2. The van der Waals surface area contributed by atoms with Gasteiger partial charge in [0.25, 0.3) is 0 Å². The largest absolute Gasteiger partial charge is 0.320 e. The highest BCUT2D eigenvalue weighted by molar-refractivity contribution is 5.90. The fourth-order valence-electron chi connectivity index (χ4n) is 3.02. The second kappa shape index (κ2) is 10.6. The third-order valence-corrected chi connectivity index (χ3v) is 4.47. The topological polar surface area (TPSA) is 59.0 Å². The molecule has 0 saturated carbocycles. The standard InChI is InChI=1S/C22H26N4O.ClH/c1-17-9-6-7-12-19(17)20-15-21(24-22(27)13-8-14-23-2)26(25-20)16-18-10-4-3-5-11-18;/h3-7,9-12,15,23H,8,13-14,16H2,1-2H3,(H,24,27);1H. The van der Waals surface area contributed by atoms with Crippen molar-refractivity contribution in [3.05, 3.63) is 71.8 Å². The summed E-state index contributed by atoms with van der Waals surface area (Å²) in [5, 5.41) is 10.9. The fraction of sp³-hybridized carbons (Fsp3) is 0.273. The van der Waals surface area contributed by atoms with Gasteiger partial charge in [-0.25, -0.2) is 4.68 Å². The Morgan fingerprint density at radius 2 is 1.79 bits per heavy atom. The third-order valence-electron chi connectivity index (χ3n) is 4.47. The molecule has 5 nitrogen and oxygen atoms in total. The van der Waals surface area contributed by atoms with Crippen molar-refractivity contribution in [1.29, 1.82) is 0 Å². The van der Waals surface area contributed by atoms with E-state index in [4.69, 9.17) is 5.10 Å². The Hall–Kier alpha value is -2.63. The zero-order chi connectivity index (χ0) is 19.1. The molecule has 0 aliphatic carbocycles. The fourth-order valence-corrected chi connectivity index (χ4v) is 3.02. The number of nitrogens with zero attached hydrogens (tertiary/aromatic N) is 2. The summed E-state index contributed by atoms with van der Waals surface area (Å²) in [6.45, 7) is 3.51. The molecule has 0 aliphatic rings. The maximum absolute atomic E-state index is 12.3. The molecule has 0 spiro atoms. The van der Waals surface area contributed by atoms with Gasteiger partial charge in [-0.2, -0.15) is 5.10 Å². The number of rotatable bonds is 8. The molecule has 0 unspecified atom stereocenters. The molecule has 0 atom stereocenters. The molecule has 0 bridgehead atoms. The van der Waals surface area contributed by atoms with Crippen molar-refractivity contribution in [3.63, 3.8) is 0 Å². The van der Waals surface area contributed by atoms with Crippen LogP contribution in [0, 0.1) is 6.92 Å². The number of nitrogens with one attached hydrogen (secondary N) is 2. The molecule has 3 aromatic rings. The molecule has 1 aromatic heterocycles. The van der Waals surface area contributed by atoms with Crippen molar-refractivity contribution < 1.29 is 4.79 Å². The SMILES string of the molecule is CNCCCC(=O)Nc1cc(-c2ccccc2C)nn1Cc1ccccc1.Cl. The predicted molar refractivity (Wildman–Crippen MR) is 117 cm³/mol. The lowest BCUT2D eigenvalue weighted by atomic mass is 10.1. The van der Waals surface area contributed by atoms with E-state index < -0.39 is 0 Å². The zero-order valence-electron chi connectivity index (χ0n) is 16.3.